The van der Waals surface area contributed by atoms with Crippen molar-refractivity contribution in [3.63, 3.8) is 0 Å². The Morgan fingerprint density at radius 3 is 2.62 bits per heavy atom. The molecule has 0 atom stereocenters. The molecule has 0 amide bonds. The first-order valence-corrected chi connectivity index (χ1v) is 6.48. The Morgan fingerprint density at radius 2 is 2.00 bits per heavy atom. The second kappa shape index (κ2) is 6.04. The second-order valence-electron chi connectivity index (χ2n) is 4.14. The van der Waals surface area contributed by atoms with Gasteiger partial charge in [-0.05, 0) is 29.8 Å². The average molecular weight is 359 g/mol. The van der Waals surface area contributed by atoms with Gasteiger partial charge in [-0.1, -0.05) is 15.9 Å². The topological polar surface area (TPSA) is 78.4 Å². The van der Waals surface area contributed by atoms with E-state index in [1.165, 1.54) is 24.3 Å². The van der Waals surface area contributed by atoms with Crippen molar-refractivity contribution in [2.24, 2.45) is 0 Å². The molecule has 2 rings (SSSR count). The van der Waals surface area contributed by atoms with Crippen LogP contribution in [0.3, 0.4) is 0 Å². The molecule has 0 unspecified atom stereocenters. The van der Waals surface area contributed by atoms with E-state index in [-0.39, 0.29) is 23.7 Å². The highest BCUT2D eigenvalue weighted by molar-refractivity contribution is 9.10. The normalized spacial score (nSPS) is 10.4. The summed E-state index contributed by atoms with van der Waals surface area (Å²) >= 11 is 3.03. The summed E-state index contributed by atoms with van der Waals surface area (Å²) in [5.41, 5.74) is 5.78. The predicted octanol–water partition coefficient (Wildman–Crippen LogP) is 3.80. The number of benzene rings is 2. The molecule has 0 aliphatic heterocycles. The smallest absolute Gasteiger partial charge is 0.292 e. The van der Waals surface area contributed by atoms with Crippen LogP contribution < -0.4 is 10.5 Å². The summed E-state index contributed by atoms with van der Waals surface area (Å²) in [4.78, 5) is 10.0. The summed E-state index contributed by atoms with van der Waals surface area (Å²) in [7, 11) is 0. The quantitative estimate of drug-likeness (QED) is 0.390. The number of hydrogen-bond acceptors (Lipinski definition) is 4. The Balaban J connectivity index is 2.17. The highest BCUT2D eigenvalue weighted by atomic mass is 79.9. The lowest BCUT2D eigenvalue weighted by molar-refractivity contribution is -0.383. The van der Waals surface area contributed by atoms with Crippen LogP contribution in [0.1, 0.15) is 5.56 Å². The van der Waals surface area contributed by atoms with Gasteiger partial charge in [-0.15, -0.1) is 0 Å². The van der Waals surface area contributed by atoms with Crippen LogP contribution in [0.2, 0.25) is 0 Å². The minimum absolute atomic E-state index is 0.0259. The molecule has 0 radical (unpaired) electrons. The SMILES string of the molecule is Nc1cc(COc2cc(Br)cc(F)c2F)ccc1[N+](=O)[O-]. The zero-order chi connectivity index (χ0) is 15.6. The van der Waals surface area contributed by atoms with E-state index in [4.69, 9.17) is 10.5 Å². The van der Waals surface area contributed by atoms with Gasteiger partial charge in [0.25, 0.3) is 5.69 Å². The molecule has 21 heavy (non-hydrogen) atoms. The van der Waals surface area contributed by atoms with E-state index in [2.05, 4.69) is 15.9 Å². The van der Waals surface area contributed by atoms with Crippen LogP contribution in [0.15, 0.2) is 34.8 Å². The zero-order valence-corrected chi connectivity index (χ0v) is 12.1. The number of anilines is 1. The Kier molecular flexibility index (Phi) is 4.37. The van der Waals surface area contributed by atoms with Gasteiger partial charge in [0.2, 0.25) is 5.82 Å². The van der Waals surface area contributed by atoms with Gasteiger partial charge in [-0.2, -0.15) is 4.39 Å². The Bertz CT molecular complexity index is 710. The number of nitro groups is 1. The molecule has 0 fully saturated rings. The van der Waals surface area contributed by atoms with Crippen molar-refractivity contribution in [3.8, 4) is 5.75 Å². The molecule has 0 aromatic heterocycles. The van der Waals surface area contributed by atoms with Gasteiger partial charge in [-0.25, -0.2) is 4.39 Å². The fraction of sp³-hybridized carbons (Fsp3) is 0.0769. The minimum Gasteiger partial charge on any atom is -0.486 e. The first-order chi connectivity index (χ1) is 9.88. The summed E-state index contributed by atoms with van der Waals surface area (Å²) in [5.74, 6) is -2.41. The van der Waals surface area contributed by atoms with E-state index in [9.17, 15) is 18.9 Å². The van der Waals surface area contributed by atoms with Crippen molar-refractivity contribution in [3.05, 3.63) is 62.1 Å². The number of hydrogen-bond donors (Lipinski definition) is 1. The lowest BCUT2D eigenvalue weighted by atomic mass is 10.2. The summed E-state index contributed by atoms with van der Waals surface area (Å²) < 4.78 is 32.2. The number of nitrogens with two attached hydrogens (primary N) is 1. The van der Waals surface area contributed by atoms with Crippen molar-refractivity contribution in [1.29, 1.82) is 0 Å². The standard InChI is InChI=1S/C13H9BrF2N2O3/c14-8-4-9(15)13(16)12(5-8)21-6-7-1-2-11(18(19)20)10(17)3-7/h1-5H,6,17H2. The number of ether oxygens (including phenoxy) is 1. The fourth-order valence-corrected chi connectivity index (χ4v) is 2.07. The number of nitrogens with zero attached hydrogens (tertiary/aromatic N) is 1. The van der Waals surface area contributed by atoms with E-state index in [0.29, 0.717) is 10.0 Å². The lowest BCUT2D eigenvalue weighted by Gasteiger charge is -2.09. The van der Waals surface area contributed by atoms with Crippen LogP contribution in [0.4, 0.5) is 20.2 Å². The number of nitrogen functional groups attached to an aromatic ring is 1. The van der Waals surface area contributed by atoms with E-state index < -0.39 is 16.6 Å². The molecule has 0 saturated carbocycles. The van der Waals surface area contributed by atoms with Crippen LogP contribution in [-0.2, 0) is 6.61 Å². The van der Waals surface area contributed by atoms with Crippen molar-refractivity contribution < 1.29 is 18.4 Å². The maximum absolute atomic E-state index is 13.5. The third kappa shape index (κ3) is 3.46. The van der Waals surface area contributed by atoms with Crippen LogP contribution in [0.25, 0.3) is 0 Å². The molecule has 5 nitrogen and oxygen atoms in total. The third-order valence-corrected chi connectivity index (χ3v) is 3.10. The molecule has 0 aliphatic carbocycles. The Hall–Kier alpha value is -2.22. The molecule has 8 heteroatoms. The van der Waals surface area contributed by atoms with Crippen molar-refractivity contribution in [1.82, 2.24) is 0 Å². The lowest BCUT2D eigenvalue weighted by Crippen LogP contribution is -2.01. The fourth-order valence-electron chi connectivity index (χ4n) is 1.66. The van der Waals surface area contributed by atoms with Gasteiger partial charge in [0.15, 0.2) is 11.6 Å². The van der Waals surface area contributed by atoms with E-state index >= 15 is 0 Å². The summed E-state index contributed by atoms with van der Waals surface area (Å²) in [6.45, 7) is -0.102. The highest BCUT2D eigenvalue weighted by Crippen LogP contribution is 2.27. The first kappa shape index (κ1) is 15.2. The number of rotatable bonds is 4. The van der Waals surface area contributed by atoms with Crippen LogP contribution >= 0.6 is 15.9 Å². The monoisotopic (exact) mass is 358 g/mol. The highest BCUT2D eigenvalue weighted by Gasteiger charge is 2.14. The van der Waals surface area contributed by atoms with Gasteiger partial charge >= 0.3 is 0 Å². The molecule has 0 heterocycles. The minimum atomic E-state index is -1.10. The van der Waals surface area contributed by atoms with Gasteiger partial charge in [-0.3, -0.25) is 10.1 Å². The van der Waals surface area contributed by atoms with Gasteiger partial charge < -0.3 is 10.5 Å². The largest absolute Gasteiger partial charge is 0.486 e. The van der Waals surface area contributed by atoms with Crippen molar-refractivity contribution in [2.75, 3.05) is 5.73 Å². The third-order valence-electron chi connectivity index (χ3n) is 2.64. The van der Waals surface area contributed by atoms with E-state index in [0.717, 1.165) is 6.07 Å². The second-order valence-corrected chi connectivity index (χ2v) is 5.05. The predicted molar refractivity (Wildman–Crippen MR) is 75.9 cm³/mol. The maximum Gasteiger partial charge on any atom is 0.292 e. The van der Waals surface area contributed by atoms with Crippen LogP contribution in [0, 0.1) is 21.7 Å². The summed E-state index contributed by atoms with van der Waals surface area (Å²) in [6.07, 6.45) is 0. The molecule has 2 N–H and O–H groups in total. The molecule has 0 spiro atoms. The molecule has 110 valence electrons. The van der Waals surface area contributed by atoms with Crippen molar-refractivity contribution in [2.45, 2.75) is 6.61 Å². The van der Waals surface area contributed by atoms with Gasteiger partial charge in [0.05, 0.1) is 4.92 Å². The number of halogens is 3. The summed E-state index contributed by atoms with van der Waals surface area (Å²) in [6, 6.07) is 6.27. The van der Waals surface area contributed by atoms with Gasteiger partial charge in [0, 0.05) is 10.5 Å². The summed E-state index contributed by atoms with van der Waals surface area (Å²) in [5, 5.41) is 10.6. The van der Waals surface area contributed by atoms with E-state index in [1.54, 1.807) is 0 Å². The molecule has 2 aromatic carbocycles. The van der Waals surface area contributed by atoms with Crippen molar-refractivity contribution >= 4 is 27.3 Å². The maximum atomic E-state index is 13.5. The molecular weight excluding hydrogens is 350 g/mol. The Labute approximate surface area is 126 Å². The Morgan fingerprint density at radius 1 is 1.29 bits per heavy atom. The zero-order valence-electron chi connectivity index (χ0n) is 10.5. The molecule has 2 aromatic rings. The average Bonchev–Trinajstić information content (AvgIpc) is 2.40. The first-order valence-electron chi connectivity index (χ1n) is 5.68. The van der Waals surface area contributed by atoms with E-state index in [1.807, 2.05) is 0 Å². The van der Waals surface area contributed by atoms with Gasteiger partial charge in [0.1, 0.15) is 12.3 Å². The number of nitro benzene ring substituents is 1. The molecule has 0 bridgehead atoms. The van der Waals surface area contributed by atoms with Crippen LogP contribution in [-0.4, -0.2) is 4.92 Å². The molecule has 0 aliphatic rings. The molecular formula is C13H9BrF2N2O3. The van der Waals surface area contributed by atoms with Crippen LogP contribution in [0.5, 0.6) is 5.75 Å². The molecule has 0 saturated heterocycles.